The number of halogens is 2. The van der Waals surface area contributed by atoms with E-state index in [1.54, 1.807) is 25.3 Å². The van der Waals surface area contributed by atoms with Gasteiger partial charge in [-0.05, 0) is 46.3 Å². The zero-order valence-electron chi connectivity index (χ0n) is 12.6. The molecule has 0 aliphatic rings. The highest BCUT2D eigenvalue weighted by Crippen LogP contribution is 2.29. The number of nitrogens with one attached hydrogen (secondary N) is 1. The van der Waals surface area contributed by atoms with Crippen molar-refractivity contribution in [2.75, 3.05) is 26.1 Å². The van der Waals surface area contributed by atoms with Crippen LogP contribution >= 0.6 is 15.9 Å². The molecule has 0 atom stereocenters. The number of amides is 1. The number of hydrogen-bond acceptors (Lipinski definition) is 4. The maximum Gasteiger partial charge on any atom is 0.262 e. The maximum absolute atomic E-state index is 13.0. The van der Waals surface area contributed by atoms with Crippen LogP contribution in [0.5, 0.6) is 17.2 Å². The van der Waals surface area contributed by atoms with E-state index in [1.807, 2.05) is 0 Å². The van der Waals surface area contributed by atoms with Crippen molar-refractivity contribution in [3.8, 4) is 17.2 Å². The van der Waals surface area contributed by atoms with Gasteiger partial charge in [0.05, 0.1) is 24.4 Å². The Labute approximate surface area is 141 Å². The van der Waals surface area contributed by atoms with Crippen molar-refractivity contribution in [1.29, 1.82) is 0 Å². The quantitative estimate of drug-likeness (QED) is 0.827. The van der Waals surface area contributed by atoms with Crippen LogP contribution < -0.4 is 19.5 Å². The maximum atomic E-state index is 13.0. The third kappa shape index (κ3) is 4.59. The molecule has 1 N–H and O–H groups in total. The second-order valence-electron chi connectivity index (χ2n) is 4.48. The van der Waals surface area contributed by atoms with E-state index in [2.05, 4.69) is 21.2 Å². The van der Waals surface area contributed by atoms with Crippen LogP contribution in [0.2, 0.25) is 0 Å². The van der Waals surface area contributed by atoms with Crippen LogP contribution in [0.15, 0.2) is 40.9 Å². The summed E-state index contributed by atoms with van der Waals surface area (Å²) in [6, 6.07) is 9.00. The Balaban J connectivity index is 1.99. The number of methoxy groups -OCH3 is 2. The molecule has 23 heavy (non-hydrogen) atoms. The van der Waals surface area contributed by atoms with Crippen LogP contribution in [0.25, 0.3) is 0 Å². The summed E-state index contributed by atoms with van der Waals surface area (Å²) in [7, 11) is 3.04. The zero-order chi connectivity index (χ0) is 16.8. The molecule has 0 saturated carbocycles. The normalized spacial score (nSPS) is 10.1. The number of benzene rings is 2. The zero-order valence-corrected chi connectivity index (χ0v) is 14.1. The first-order valence-electron chi connectivity index (χ1n) is 6.63. The monoisotopic (exact) mass is 383 g/mol. The van der Waals surface area contributed by atoms with E-state index in [0.29, 0.717) is 27.4 Å². The summed E-state index contributed by atoms with van der Waals surface area (Å²) in [5.41, 5.74) is 0.500. The molecule has 1 amide bonds. The van der Waals surface area contributed by atoms with Gasteiger partial charge >= 0.3 is 0 Å². The molecular weight excluding hydrogens is 369 g/mol. The number of anilines is 1. The number of ether oxygens (including phenoxy) is 3. The van der Waals surface area contributed by atoms with E-state index < -0.39 is 5.82 Å². The van der Waals surface area contributed by atoms with E-state index in [1.165, 1.54) is 25.3 Å². The largest absolute Gasteiger partial charge is 0.497 e. The van der Waals surface area contributed by atoms with Crippen LogP contribution in [0.4, 0.5) is 10.1 Å². The van der Waals surface area contributed by atoms with Gasteiger partial charge in [-0.25, -0.2) is 4.39 Å². The average molecular weight is 384 g/mol. The highest BCUT2D eigenvalue weighted by Gasteiger charge is 2.11. The lowest BCUT2D eigenvalue weighted by atomic mass is 10.2. The molecule has 0 aromatic heterocycles. The van der Waals surface area contributed by atoms with Crippen LogP contribution in [0.3, 0.4) is 0 Å². The van der Waals surface area contributed by atoms with Crippen molar-refractivity contribution in [1.82, 2.24) is 0 Å². The second-order valence-corrected chi connectivity index (χ2v) is 5.33. The highest BCUT2D eigenvalue weighted by molar-refractivity contribution is 9.10. The minimum Gasteiger partial charge on any atom is -0.497 e. The van der Waals surface area contributed by atoms with Crippen LogP contribution in [0, 0.1) is 5.82 Å². The number of carbonyl (C=O) groups is 1. The first-order chi connectivity index (χ1) is 11.0. The highest BCUT2D eigenvalue weighted by atomic mass is 79.9. The smallest absolute Gasteiger partial charge is 0.262 e. The van der Waals surface area contributed by atoms with Gasteiger partial charge in [0.1, 0.15) is 23.1 Å². The lowest BCUT2D eigenvalue weighted by Crippen LogP contribution is -2.20. The Morgan fingerprint density at radius 3 is 2.57 bits per heavy atom. The van der Waals surface area contributed by atoms with Crippen molar-refractivity contribution >= 4 is 27.5 Å². The van der Waals surface area contributed by atoms with E-state index in [4.69, 9.17) is 14.2 Å². The van der Waals surface area contributed by atoms with E-state index in [-0.39, 0.29) is 12.5 Å². The first-order valence-corrected chi connectivity index (χ1v) is 7.42. The van der Waals surface area contributed by atoms with Gasteiger partial charge in [0.2, 0.25) is 0 Å². The van der Waals surface area contributed by atoms with Gasteiger partial charge in [-0.3, -0.25) is 4.79 Å². The minimum absolute atomic E-state index is 0.223. The summed E-state index contributed by atoms with van der Waals surface area (Å²) >= 11 is 3.17. The number of hydrogen-bond donors (Lipinski definition) is 1. The topological polar surface area (TPSA) is 56.8 Å². The predicted molar refractivity (Wildman–Crippen MR) is 87.8 cm³/mol. The van der Waals surface area contributed by atoms with E-state index >= 15 is 0 Å². The van der Waals surface area contributed by atoms with Gasteiger partial charge in [0.25, 0.3) is 5.91 Å². The fraction of sp³-hybridized carbons (Fsp3) is 0.188. The fourth-order valence-corrected chi connectivity index (χ4v) is 2.29. The van der Waals surface area contributed by atoms with Gasteiger partial charge in [0.15, 0.2) is 6.61 Å². The first kappa shape index (κ1) is 17.1. The Morgan fingerprint density at radius 1 is 1.13 bits per heavy atom. The van der Waals surface area contributed by atoms with E-state index in [9.17, 15) is 9.18 Å². The van der Waals surface area contributed by atoms with Crippen molar-refractivity contribution in [3.63, 3.8) is 0 Å². The van der Waals surface area contributed by atoms with Crippen molar-refractivity contribution in [3.05, 3.63) is 46.7 Å². The number of carbonyl (C=O) groups excluding carboxylic acids is 1. The Morgan fingerprint density at radius 2 is 1.91 bits per heavy atom. The third-order valence-electron chi connectivity index (χ3n) is 2.94. The minimum atomic E-state index is -0.392. The molecule has 2 rings (SSSR count). The second kappa shape index (κ2) is 7.82. The molecule has 0 fully saturated rings. The summed E-state index contributed by atoms with van der Waals surface area (Å²) in [6.45, 7) is -0.223. The van der Waals surface area contributed by atoms with Crippen LogP contribution in [-0.4, -0.2) is 26.7 Å². The SMILES string of the molecule is COc1ccc(NC(=O)COc2ccc(F)cc2Br)c(OC)c1. The van der Waals surface area contributed by atoms with Crippen LogP contribution in [-0.2, 0) is 4.79 Å². The molecule has 0 aliphatic carbocycles. The molecule has 0 saturated heterocycles. The summed E-state index contributed by atoms with van der Waals surface area (Å²) in [6.07, 6.45) is 0. The summed E-state index contributed by atoms with van der Waals surface area (Å²) in [4.78, 5) is 12.0. The predicted octanol–water partition coefficient (Wildman–Crippen LogP) is 3.62. The molecular formula is C16H15BrFNO4. The lowest BCUT2D eigenvalue weighted by Gasteiger charge is -2.12. The molecule has 2 aromatic carbocycles. The summed E-state index contributed by atoms with van der Waals surface area (Å²) < 4.78 is 29.1. The third-order valence-corrected chi connectivity index (χ3v) is 3.56. The van der Waals surface area contributed by atoms with Gasteiger partial charge in [0, 0.05) is 6.07 Å². The Kier molecular flexibility index (Phi) is 5.81. The number of rotatable bonds is 6. The molecule has 0 unspecified atom stereocenters. The summed E-state index contributed by atoms with van der Waals surface area (Å²) in [5.74, 6) is 0.705. The molecule has 5 nitrogen and oxygen atoms in total. The summed E-state index contributed by atoms with van der Waals surface area (Å²) in [5, 5.41) is 2.68. The molecule has 2 aromatic rings. The molecule has 7 heteroatoms. The average Bonchev–Trinajstić information content (AvgIpc) is 2.54. The molecule has 122 valence electrons. The van der Waals surface area contributed by atoms with Gasteiger partial charge < -0.3 is 19.5 Å². The Bertz CT molecular complexity index is 708. The lowest BCUT2D eigenvalue weighted by molar-refractivity contribution is -0.118. The molecule has 0 bridgehead atoms. The van der Waals surface area contributed by atoms with Gasteiger partial charge in [-0.2, -0.15) is 0 Å². The van der Waals surface area contributed by atoms with Gasteiger partial charge in [-0.15, -0.1) is 0 Å². The van der Waals surface area contributed by atoms with Crippen molar-refractivity contribution in [2.24, 2.45) is 0 Å². The Hall–Kier alpha value is -2.28. The van der Waals surface area contributed by atoms with E-state index in [0.717, 1.165) is 0 Å². The van der Waals surface area contributed by atoms with Crippen LogP contribution in [0.1, 0.15) is 0 Å². The molecule has 0 radical (unpaired) electrons. The molecule has 0 heterocycles. The molecule has 0 spiro atoms. The van der Waals surface area contributed by atoms with Crippen molar-refractivity contribution in [2.45, 2.75) is 0 Å². The molecule has 0 aliphatic heterocycles. The fourth-order valence-electron chi connectivity index (χ4n) is 1.82. The van der Waals surface area contributed by atoms with Gasteiger partial charge in [-0.1, -0.05) is 0 Å². The standard InChI is InChI=1S/C16H15BrFNO4/c1-21-11-4-5-13(15(8-11)22-2)19-16(20)9-23-14-6-3-10(18)7-12(14)17/h3-8H,9H2,1-2H3,(H,19,20). The van der Waals surface area contributed by atoms with Crippen molar-refractivity contribution < 1.29 is 23.4 Å².